The average molecular weight is 548 g/mol. The van der Waals surface area contributed by atoms with Gasteiger partial charge in [-0.2, -0.15) is 5.10 Å². The summed E-state index contributed by atoms with van der Waals surface area (Å²) in [4.78, 5) is 25.3. The summed E-state index contributed by atoms with van der Waals surface area (Å²) in [6, 6.07) is 35.7. The molecular weight excluding hydrogens is 522 g/mol. The Hall–Kier alpha value is -4.94. The smallest absolute Gasteiger partial charge is 0.273 e. The van der Waals surface area contributed by atoms with E-state index in [0.29, 0.717) is 22.9 Å². The summed E-state index contributed by atoms with van der Waals surface area (Å²) >= 11 is 5.91. The van der Waals surface area contributed by atoms with E-state index in [2.05, 4.69) is 40.1 Å². The van der Waals surface area contributed by atoms with Gasteiger partial charge in [0.05, 0.1) is 23.9 Å². The summed E-state index contributed by atoms with van der Waals surface area (Å²) in [6.45, 7) is 0.459. The first kappa shape index (κ1) is 26.7. The quantitative estimate of drug-likeness (QED) is 0.154. The Kier molecular flexibility index (Phi) is 8.49. The maximum Gasteiger partial charge on any atom is 0.273 e. The number of hydrogen-bond acceptors (Lipinski definition) is 4. The van der Waals surface area contributed by atoms with Crippen molar-refractivity contribution < 1.29 is 14.3 Å². The number of hydrazone groups is 1. The third-order valence-corrected chi connectivity index (χ3v) is 6.51. The zero-order chi connectivity index (χ0) is 27.7. The molecule has 5 aromatic rings. The van der Waals surface area contributed by atoms with Gasteiger partial charge in [-0.15, -0.1) is 0 Å². The van der Waals surface area contributed by atoms with Crippen molar-refractivity contribution in [2.45, 2.75) is 13.0 Å². The third-order valence-electron chi connectivity index (χ3n) is 6.26. The summed E-state index contributed by atoms with van der Waals surface area (Å²) in [7, 11) is 0. The minimum absolute atomic E-state index is 0.160. The minimum atomic E-state index is -0.436. The number of anilines is 1. The van der Waals surface area contributed by atoms with Crippen LogP contribution < -0.4 is 15.5 Å². The van der Waals surface area contributed by atoms with E-state index >= 15 is 0 Å². The lowest BCUT2D eigenvalue weighted by Crippen LogP contribution is -2.22. The van der Waals surface area contributed by atoms with Gasteiger partial charge in [0.1, 0.15) is 12.4 Å². The fraction of sp³-hybridized carbons (Fsp3) is 0.0606. The largest absolute Gasteiger partial charge is 0.489 e. The van der Waals surface area contributed by atoms with Crippen LogP contribution in [0.1, 0.15) is 27.0 Å². The Bertz CT molecular complexity index is 1660. The van der Waals surface area contributed by atoms with Gasteiger partial charge in [0.25, 0.3) is 5.91 Å². The maximum absolute atomic E-state index is 12.8. The molecule has 0 aliphatic carbocycles. The number of amides is 2. The summed E-state index contributed by atoms with van der Waals surface area (Å²) < 4.78 is 5.99. The van der Waals surface area contributed by atoms with Crippen LogP contribution in [-0.4, -0.2) is 18.0 Å². The molecule has 7 heteroatoms. The number of para-hydroxylation sites is 1. The van der Waals surface area contributed by atoms with Crippen molar-refractivity contribution in [1.82, 2.24) is 5.43 Å². The van der Waals surface area contributed by atoms with Gasteiger partial charge in [0.2, 0.25) is 5.91 Å². The van der Waals surface area contributed by atoms with E-state index in [9.17, 15) is 9.59 Å². The maximum atomic E-state index is 12.8. The normalized spacial score (nSPS) is 10.9. The predicted octanol–water partition coefficient (Wildman–Crippen LogP) is 7.02. The van der Waals surface area contributed by atoms with E-state index in [1.54, 1.807) is 54.7 Å². The minimum Gasteiger partial charge on any atom is -0.489 e. The van der Waals surface area contributed by atoms with Crippen LogP contribution in [0.2, 0.25) is 5.02 Å². The molecule has 2 amide bonds. The van der Waals surface area contributed by atoms with E-state index in [4.69, 9.17) is 16.3 Å². The van der Waals surface area contributed by atoms with Crippen LogP contribution in [0.25, 0.3) is 10.8 Å². The topological polar surface area (TPSA) is 79.8 Å². The Morgan fingerprint density at radius 3 is 2.35 bits per heavy atom. The predicted molar refractivity (Wildman–Crippen MR) is 160 cm³/mol. The number of carbonyl (C=O) groups excluding carboxylic acids is 2. The molecule has 5 aromatic carbocycles. The third kappa shape index (κ3) is 6.92. The van der Waals surface area contributed by atoms with Crippen molar-refractivity contribution in [1.29, 1.82) is 0 Å². The summed E-state index contributed by atoms with van der Waals surface area (Å²) in [5, 5.41) is 9.84. The molecular formula is C33H26ClN3O3. The summed E-state index contributed by atoms with van der Waals surface area (Å²) in [6.07, 6.45) is 1.71. The van der Waals surface area contributed by atoms with Crippen molar-refractivity contribution in [3.8, 4) is 5.75 Å². The Balaban J connectivity index is 1.15. The molecule has 0 spiro atoms. The van der Waals surface area contributed by atoms with Gasteiger partial charge in [-0.3, -0.25) is 9.59 Å². The first-order valence-electron chi connectivity index (χ1n) is 12.7. The monoisotopic (exact) mass is 547 g/mol. The number of hydrogen-bond donors (Lipinski definition) is 2. The molecule has 0 saturated carbocycles. The molecule has 6 nitrogen and oxygen atoms in total. The van der Waals surface area contributed by atoms with Crippen molar-refractivity contribution in [3.05, 3.63) is 143 Å². The summed E-state index contributed by atoms with van der Waals surface area (Å²) in [5.74, 6) is 0.0555. The van der Waals surface area contributed by atoms with Crippen molar-refractivity contribution >= 4 is 46.1 Å². The molecule has 0 aliphatic rings. The molecule has 0 heterocycles. The van der Waals surface area contributed by atoms with Gasteiger partial charge in [0, 0.05) is 5.02 Å². The Morgan fingerprint density at radius 2 is 1.52 bits per heavy atom. The van der Waals surface area contributed by atoms with Crippen LogP contribution in [0.3, 0.4) is 0 Å². The van der Waals surface area contributed by atoms with Gasteiger partial charge < -0.3 is 10.1 Å². The lowest BCUT2D eigenvalue weighted by molar-refractivity contribution is -0.115. The van der Waals surface area contributed by atoms with E-state index in [1.165, 1.54) is 10.8 Å². The number of nitrogens with zero attached hydrogens (tertiary/aromatic N) is 1. The standard InChI is InChI=1S/C33H26ClN3O3/c34-27-16-12-23(13-17-27)20-32(38)36-31-11-4-3-10-30(31)33(39)37-35-21-24-14-18-28(19-15-24)40-22-26-8-5-7-25-6-1-2-9-29(25)26/h1-19,21H,20,22H2,(H,36,38)(H,37,39). The Morgan fingerprint density at radius 1 is 0.800 bits per heavy atom. The highest BCUT2D eigenvalue weighted by molar-refractivity contribution is 6.30. The lowest BCUT2D eigenvalue weighted by atomic mass is 10.1. The second-order valence-corrected chi connectivity index (χ2v) is 9.53. The molecule has 5 rings (SSSR count). The fourth-order valence-electron chi connectivity index (χ4n) is 4.23. The second kappa shape index (κ2) is 12.7. The number of rotatable bonds is 9. The van der Waals surface area contributed by atoms with E-state index in [-0.39, 0.29) is 12.3 Å². The number of benzene rings is 5. The highest BCUT2D eigenvalue weighted by atomic mass is 35.5. The molecule has 0 atom stereocenters. The lowest BCUT2D eigenvalue weighted by Gasteiger charge is -2.10. The van der Waals surface area contributed by atoms with Gasteiger partial charge in [-0.1, -0.05) is 78.3 Å². The van der Waals surface area contributed by atoms with Crippen LogP contribution in [0.4, 0.5) is 5.69 Å². The highest BCUT2D eigenvalue weighted by Gasteiger charge is 2.13. The van der Waals surface area contributed by atoms with E-state index in [0.717, 1.165) is 22.4 Å². The van der Waals surface area contributed by atoms with E-state index < -0.39 is 5.91 Å². The molecule has 0 aliphatic heterocycles. The van der Waals surface area contributed by atoms with Crippen LogP contribution in [0, 0.1) is 0 Å². The van der Waals surface area contributed by atoms with Crippen LogP contribution in [0.5, 0.6) is 5.75 Å². The van der Waals surface area contributed by atoms with Crippen LogP contribution in [-0.2, 0) is 17.8 Å². The fourth-order valence-corrected chi connectivity index (χ4v) is 4.35. The Labute approximate surface area is 237 Å². The zero-order valence-electron chi connectivity index (χ0n) is 21.5. The second-order valence-electron chi connectivity index (χ2n) is 9.09. The molecule has 0 bridgehead atoms. The van der Waals surface area contributed by atoms with Crippen LogP contribution in [0.15, 0.2) is 120 Å². The molecule has 40 heavy (non-hydrogen) atoms. The molecule has 198 valence electrons. The van der Waals surface area contributed by atoms with Gasteiger partial charge in [-0.05, 0) is 76.0 Å². The molecule has 0 fully saturated rings. The number of carbonyl (C=O) groups is 2. The highest BCUT2D eigenvalue weighted by Crippen LogP contribution is 2.21. The van der Waals surface area contributed by atoms with Crippen molar-refractivity contribution in [3.63, 3.8) is 0 Å². The average Bonchev–Trinajstić information content (AvgIpc) is 2.98. The van der Waals surface area contributed by atoms with E-state index in [1.807, 2.05) is 42.5 Å². The van der Waals surface area contributed by atoms with Crippen molar-refractivity contribution in [2.75, 3.05) is 5.32 Å². The van der Waals surface area contributed by atoms with Gasteiger partial charge >= 0.3 is 0 Å². The SMILES string of the molecule is O=C(Cc1ccc(Cl)cc1)Nc1ccccc1C(=O)NN=Cc1ccc(OCc2cccc3ccccc23)cc1. The first-order chi connectivity index (χ1) is 19.5. The number of fused-ring (bicyclic) bond motifs is 1. The first-order valence-corrected chi connectivity index (χ1v) is 13.1. The van der Waals surface area contributed by atoms with Crippen LogP contribution >= 0.6 is 11.6 Å². The molecule has 0 saturated heterocycles. The molecule has 0 unspecified atom stereocenters. The zero-order valence-corrected chi connectivity index (χ0v) is 22.3. The molecule has 0 aromatic heterocycles. The number of ether oxygens (including phenoxy) is 1. The molecule has 2 N–H and O–H groups in total. The molecule has 0 radical (unpaired) electrons. The van der Waals surface area contributed by atoms with Crippen molar-refractivity contribution in [2.24, 2.45) is 5.10 Å². The summed E-state index contributed by atoms with van der Waals surface area (Å²) in [5.41, 5.74) is 5.97. The number of halogens is 1. The number of nitrogens with one attached hydrogen (secondary N) is 2. The van der Waals surface area contributed by atoms with Gasteiger partial charge in [0.15, 0.2) is 0 Å². The van der Waals surface area contributed by atoms with Gasteiger partial charge in [-0.25, -0.2) is 5.43 Å².